The predicted octanol–water partition coefficient (Wildman–Crippen LogP) is 6.67. The van der Waals surface area contributed by atoms with Gasteiger partial charge >= 0.3 is 6.09 Å². The summed E-state index contributed by atoms with van der Waals surface area (Å²) in [6.45, 7) is 6.20. The van der Waals surface area contributed by atoms with Gasteiger partial charge in [0, 0.05) is 49.1 Å². The first-order chi connectivity index (χ1) is 20.8. The molecule has 1 heterocycles. The number of imidazole rings is 1. The number of aromatic nitrogens is 2. The summed E-state index contributed by atoms with van der Waals surface area (Å²) in [5.74, 6) is -1.34. The molecule has 4 aromatic rings. The van der Waals surface area contributed by atoms with E-state index >= 15 is 0 Å². The molecule has 1 unspecified atom stereocenters. The number of carbonyl (C=O) groups excluding carboxylic acids is 1. The Balaban J connectivity index is 1.87. The fourth-order valence-electron chi connectivity index (χ4n) is 5.06. The summed E-state index contributed by atoms with van der Waals surface area (Å²) in [6, 6.07) is 17.0. The lowest BCUT2D eigenvalue weighted by atomic mass is 9.84. The first kappa shape index (κ1) is 31.8. The second kappa shape index (κ2) is 13.4. The van der Waals surface area contributed by atoms with Crippen molar-refractivity contribution in [2.24, 2.45) is 5.41 Å². The van der Waals surface area contributed by atoms with Crippen LogP contribution in [0.4, 0.5) is 19.3 Å². The molecule has 4 rings (SSSR count). The van der Waals surface area contributed by atoms with Crippen molar-refractivity contribution in [2.45, 2.75) is 39.8 Å². The van der Waals surface area contributed by atoms with Crippen LogP contribution in [-0.4, -0.2) is 49.6 Å². The Bertz CT molecular complexity index is 1640. The molecule has 2 N–H and O–H groups in total. The van der Waals surface area contributed by atoms with Gasteiger partial charge in [0.1, 0.15) is 17.5 Å². The van der Waals surface area contributed by atoms with E-state index in [2.05, 4.69) is 5.32 Å². The van der Waals surface area contributed by atoms with Crippen molar-refractivity contribution in [3.63, 3.8) is 0 Å². The van der Waals surface area contributed by atoms with Crippen LogP contribution in [0.3, 0.4) is 0 Å². The van der Waals surface area contributed by atoms with Crippen LogP contribution in [0.25, 0.3) is 11.3 Å². The number of non-ortho nitro benzene ring substituents is 1. The zero-order valence-electron chi connectivity index (χ0n) is 24.5. The molecule has 0 saturated carbocycles. The van der Waals surface area contributed by atoms with Crippen LogP contribution >= 0.6 is 0 Å². The fourth-order valence-corrected chi connectivity index (χ4v) is 5.06. The molecule has 0 fully saturated rings. The number of carbonyl (C=O) groups is 2. The molecule has 0 aliphatic rings. The summed E-state index contributed by atoms with van der Waals surface area (Å²) >= 11 is 0. The Kier molecular flexibility index (Phi) is 9.72. The summed E-state index contributed by atoms with van der Waals surface area (Å²) in [5.41, 5.74) is 0.389. The van der Waals surface area contributed by atoms with E-state index in [1.54, 1.807) is 15.7 Å². The molecule has 1 atom stereocenters. The van der Waals surface area contributed by atoms with Crippen molar-refractivity contribution >= 4 is 17.7 Å². The lowest BCUT2D eigenvalue weighted by molar-refractivity contribution is -0.384. The summed E-state index contributed by atoms with van der Waals surface area (Å²) in [4.78, 5) is 42.2. The van der Waals surface area contributed by atoms with Gasteiger partial charge in [0.15, 0.2) is 0 Å². The SMILES string of the molecule is CC(C)(C)C(c1nc(-c2cc(F)ccc2F)cn1Cc1ccccc1)N(CCCNC(=O)O)C(=O)c1ccc([N+](=O)[O-])cc1. The number of benzene rings is 3. The Labute approximate surface area is 253 Å². The van der Waals surface area contributed by atoms with Crippen LogP contribution in [0.15, 0.2) is 79.0 Å². The van der Waals surface area contributed by atoms with Crippen LogP contribution in [0.1, 0.15) is 55.0 Å². The molecule has 0 aliphatic heterocycles. The number of amides is 2. The first-order valence-corrected chi connectivity index (χ1v) is 13.9. The Morgan fingerprint density at radius 3 is 2.36 bits per heavy atom. The molecular formula is C32H33F2N5O5. The van der Waals surface area contributed by atoms with Crippen LogP contribution < -0.4 is 5.32 Å². The van der Waals surface area contributed by atoms with Crippen molar-refractivity contribution in [2.75, 3.05) is 13.1 Å². The number of nitrogens with zero attached hydrogens (tertiary/aromatic N) is 4. The zero-order valence-corrected chi connectivity index (χ0v) is 24.5. The second-order valence-corrected chi connectivity index (χ2v) is 11.4. The molecular weight excluding hydrogens is 572 g/mol. The number of hydrogen-bond donors (Lipinski definition) is 2. The van der Waals surface area contributed by atoms with Gasteiger partial charge in [0.05, 0.1) is 16.7 Å². The highest BCUT2D eigenvalue weighted by molar-refractivity contribution is 5.94. The minimum atomic E-state index is -1.20. The molecule has 0 saturated heterocycles. The maximum absolute atomic E-state index is 14.9. The highest BCUT2D eigenvalue weighted by Gasteiger charge is 2.39. The summed E-state index contributed by atoms with van der Waals surface area (Å²) < 4.78 is 31.0. The van der Waals surface area contributed by atoms with E-state index in [4.69, 9.17) is 10.1 Å². The van der Waals surface area contributed by atoms with E-state index in [0.717, 1.165) is 23.8 Å². The minimum absolute atomic E-state index is 0.0374. The van der Waals surface area contributed by atoms with Crippen LogP contribution in [0.2, 0.25) is 0 Å². The Morgan fingerprint density at radius 1 is 1.07 bits per heavy atom. The molecule has 0 aliphatic carbocycles. The lowest BCUT2D eigenvalue weighted by Gasteiger charge is -2.40. The smallest absolute Gasteiger partial charge is 0.404 e. The maximum Gasteiger partial charge on any atom is 0.404 e. The summed E-state index contributed by atoms with van der Waals surface area (Å²) in [6.07, 6.45) is 0.674. The third-order valence-corrected chi connectivity index (χ3v) is 7.02. The highest BCUT2D eigenvalue weighted by Crippen LogP contribution is 2.40. The predicted molar refractivity (Wildman–Crippen MR) is 160 cm³/mol. The van der Waals surface area contributed by atoms with Crippen LogP contribution in [0.5, 0.6) is 0 Å². The van der Waals surface area contributed by atoms with Crippen molar-refractivity contribution in [3.8, 4) is 11.3 Å². The van der Waals surface area contributed by atoms with Gasteiger partial charge in [-0.25, -0.2) is 18.6 Å². The minimum Gasteiger partial charge on any atom is -0.465 e. The van der Waals surface area contributed by atoms with Gasteiger partial charge < -0.3 is 19.9 Å². The van der Waals surface area contributed by atoms with Gasteiger partial charge in [0.2, 0.25) is 0 Å². The molecule has 0 bridgehead atoms. The molecule has 44 heavy (non-hydrogen) atoms. The van der Waals surface area contributed by atoms with Crippen molar-refractivity contribution < 1.29 is 28.4 Å². The lowest BCUT2D eigenvalue weighted by Crippen LogP contribution is -2.44. The fraction of sp³-hybridized carbons (Fsp3) is 0.281. The monoisotopic (exact) mass is 605 g/mol. The summed E-state index contributed by atoms with van der Waals surface area (Å²) in [5, 5.41) is 22.6. The number of halogens is 2. The maximum atomic E-state index is 14.9. The Hall–Kier alpha value is -5.13. The molecule has 12 heteroatoms. The van der Waals surface area contributed by atoms with Gasteiger partial charge in [-0.05, 0) is 47.7 Å². The average molecular weight is 606 g/mol. The molecule has 10 nitrogen and oxygen atoms in total. The Morgan fingerprint density at radius 2 is 1.75 bits per heavy atom. The third kappa shape index (κ3) is 7.63. The van der Waals surface area contributed by atoms with E-state index in [1.807, 2.05) is 51.1 Å². The summed E-state index contributed by atoms with van der Waals surface area (Å²) in [7, 11) is 0. The molecule has 0 spiro atoms. The van der Waals surface area contributed by atoms with E-state index in [9.17, 15) is 28.5 Å². The number of nitro benzene ring substituents is 1. The van der Waals surface area contributed by atoms with Crippen molar-refractivity contribution in [1.29, 1.82) is 0 Å². The number of rotatable bonds is 11. The van der Waals surface area contributed by atoms with Gasteiger partial charge in [0.25, 0.3) is 11.6 Å². The van der Waals surface area contributed by atoms with Gasteiger partial charge in [-0.2, -0.15) is 0 Å². The highest BCUT2D eigenvalue weighted by atomic mass is 19.1. The van der Waals surface area contributed by atoms with Crippen molar-refractivity contribution in [3.05, 3.63) is 118 Å². The van der Waals surface area contributed by atoms with E-state index in [-0.39, 0.29) is 42.0 Å². The van der Waals surface area contributed by atoms with E-state index in [1.165, 1.54) is 24.3 Å². The van der Waals surface area contributed by atoms with E-state index in [0.29, 0.717) is 12.4 Å². The quantitative estimate of drug-likeness (QED) is 0.112. The van der Waals surface area contributed by atoms with Crippen molar-refractivity contribution in [1.82, 2.24) is 19.8 Å². The molecule has 3 aromatic carbocycles. The zero-order chi connectivity index (χ0) is 32.0. The van der Waals surface area contributed by atoms with Gasteiger partial charge in [-0.15, -0.1) is 0 Å². The standard InChI is InChI=1S/C32H33F2N5O5/c1-32(2,3)28(38(17-7-16-35-31(41)42)30(40)22-10-13-24(14-11-22)39(43)44)29-36-27(25-18-23(33)12-15-26(25)34)20-37(29)19-21-8-5-4-6-9-21/h4-6,8-15,18,20,28,35H,7,16-17,19H2,1-3H3,(H,41,42). The number of nitrogens with one attached hydrogen (secondary N) is 1. The number of nitro groups is 1. The molecule has 2 amide bonds. The number of hydrogen-bond acceptors (Lipinski definition) is 5. The van der Waals surface area contributed by atoms with Crippen LogP contribution in [-0.2, 0) is 6.54 Å². The first-order valence-electron chi connectivity index (χ1n) is 13.9. The largest absolute Gasteiger partial charge is 0.465 e. The van der Waals surface area contributed by atoms with Gasteiger partial charge in [-0.1, -0.05) is 51.1 Å². The average Bonchev–Trinajstić information content (AvgIpc) is 3.37. The van der Waals surface area contributed by atoms with Crippen LogP contribution in [0, 0.1) is 27.2 Å². The topological polar surface area (TPSA) is 131 Å². The molecule has 1 aromatic heterocycles. The van der Waals surface area contributed by atoms with Gasteiger partial charge in [-0.3, -0.25) is 14.9 Å². The third-order valence-electron chi connectivity index (χ3n) is 7.02. The van der Waals surface area contributed by atoms with E-state index < -0.39 is 40.0 Å². The second-order valence-electron chi connectivity index (χ2n) is 11.4. The number of carboxylic acid groups (broad SMARTS) is 1. The normalized spacial score (nSPS) is 12.0. The molecule has 230 valence electrons. The molecule has 0 radical (unpaired) electrons.